The zero-order chi connectivity index (χ0) is 20.2. The summed E-state index contributed by atoms with van der Waals surface area (Å²) in [5, 5.41) is 0.240. The number of sulfonamides is 1. The molecule has 0 aliphatic rings. The second-order valence-electron chi connectivity index (χ2n) is 5.56. The first kappa shape index (κ1) is 20.9. The van der Waals surface area contributed by atoms with E-state index in [0.717, 1.165) is 9.87 Å². The molecular formula is C18H20ClNO6S. The van der Waals surface area contributed by atoms with Gasteiger partial charge in [-0.15, -0.1) is 0 Å². The molecule has 7 nitrogen and oxygen atoms in total. The number of halogens is 1. The van der Waals surface area contributed by atoms with E-state index >= 15 is 0 Å². The Bertz CT molecular complexity index is 928. The quantitative estimate of drug-likeness (QED) is 0.649. The maximum absolute atomic E-state index is 13.2. The van der Waals surface area contributed by atoms with Crippen LogP contribution in [0.4, 0.5) is 5.69 Å². The number of rotatable bonds is 7. The van der Waals surface area contributed by atoms with Crippen molar-refractivity contribution in [1.82, 2.24) is 0 Å². The molecule has 0 aliphatic heterocycles. The Kier molecular flexibility index (Phi) is 6.56. The number of hydrogen-bond donors (Lipinski definition) is 0. The SMILES string of the molecule is COC(=O)CN(c1cc(OC)c(Cl)cc1OC)S(=O)(=O)c1ccc(C)cc1. The molecule has 2 aromatic rings. The Morgan fingerprint density at radius 1 is 1.04 bits per heavy atom. The Balaban J connectivity index is 2.68. The molecule has 0 bridgehead atoms. The van der Waals surface area contributed by atoms with Gasteiger partial charge < -0.3 is 14.2 Å². The lowest BCUT2D eigenvalue weighted by atomic mass is 10.2. The van der Waals surface area contributed by atoms with Gasteiger partial charge in [0.25, 0.3) is 10.0 Å². The molecule has 0 saturated heterocycles. The van der Waals surface area contributed by atoms with E-state index in [1.807, 2.05) is 6.92 Å². The highest BCUT2D eigenvalue weighted by molar-refractivity contribution is 7.92. The summed E-state index contributed by atoms with van der Waals surface area (Å²) in [5.74, 6) is -0.330. The van der Waals surface area contributed by atoms with Crippen molar-refractivity contribution in [3.63, 3.8) is 0 Å². The van der Waals surface area contributed by atoms with E-state index < -0.39 is 22.5 Å². The Morgan fingerprint density at radius 3 is 2.15 bits per heavy atom. The van der Waals surface area contributed by atoms with E-state index in [0.29, 0.717) is 0 Å². The molecule has 0 atom stereocenters. The second kappa shape index (κ2) is 8.49. The lowest BCUT2D eigenvalue weighted by molar-refractivity contribution is -0.138. The summed E-state index contributed by atoms with van der Waals surface area (Å²) in [6.07, 6.45) is 0. The highest BCUT2D eigenvalue weighted by Gasteiger charge is 2.30. The molecule has 9 heteroatoms. The van der Waals surface area contributed by atoms with Gasteiger partial charge in [-0.05, 0) is 19.1 Å². The fraction of sp³-hybridized carbons (Fsp3) is 0.278. The number of anilines is 1. The number of methoxy groups -OCH3 is 3. The third-order valence-corrected chi connectivity index (χ3v) is 5.90. The number of hydrogen-bond acceptors (Lipinski definition) is 6. The average Bonchev–Trinajstić information content (AvgIpc) is 2.66. The molecule has 0 N–H and O–H groups in total. The van der Waals surface area contributed by atoms with E-state index in [-0.39, 0.29) is 27.1 Å². The van der Waals surface area contributed by atoms with Crippen molar-refractivity contribution in [2.24, 2.45) is 0 Å². The number of ether oxygens (including phenoxy) is 3. The summed E-state index contributed by atoms with van der Waals surface area (Å²) < 4.78 is 42.5. The normalized spacial score (nSPS) is 11.0. The third-order valence-electron chi connectivity index (χ3n) is 3.83. The molecule has 0 spiro atoms. The van der Waals surface area contributed by atoms with Crippen LogP contribution in [-0.4, -0.2) is 42.3 Å². The molecule has 0 aromatic heterocycles. The first-order valence-electron chi connectivity index (χ1n) is 7.82. The second-order valence-corrected chi connectivity index (χ2v) is 7.83. The first-order chi connectivity index (χ1) is 12.7. The van der Waals surface area contributed by atoms with E-state index in [1.54, 1.807) is 12.1 Å². The van der Waals surface area contributed by atoms with Crippen LogP contribution in [0.5, 0.6) is 11.5 Å². The highest BCUT2D eigenvalue weighted by Crippen LogP contribution is 2.40. The Morgan fingerprint density at radius 2 is 1.63 bits per heavy atom. The van der Waals surface area contributed by atoms with E-state index in [1.165, 1.54) is 45.6 Å². The van der Waals surface area contributed by atoms with Crippen LogP contribution in [0, 0.1) is 6.92 Å². The van der Waals surface area contributed by atoms with Crippen molar-refractivity contribution in [2.75, 3.05) is 32.2 Å². The van der Waals surface area contributed by atoms with Gasteiger partial charge in [0.1, 0.15) is 18.0 Å². The average molecular weight is 414 g/mol. The topological polar surface area (TPSA) is 82.1 Å². The van der Waals surface area contributed by atoms with Crippen molar-refractivity contribution >= 4 is 33.3 Å². The minimum atomic E-state index is -4.09. The number of esters is 1. The van der Waals surface area contributed by atoms with Crippen LogP contribution in [0.15, 0.2) is 41.3 Å². The van der Waals surface area contributed by atoms with Gasteiger partial charge in [-0.1, -0.05) is 29.3 Å². The predicted octanol–water partition coefficient (Wildman–Crippen LogP) is 3.03. The number of benzene rings is 2. The fourth-order valence-electron chi connectivity index (χ4n) is 2.36. The van der Waals surface area contributed by atoms with Crippen molar-refractivity contribution in [1.29, 1.82) is 0 Å². The highest BCUT2D eigenvalue weighted by atomic mass is 35.5. The Labute approximate surface area is 163 Å². The number of carbonyl (C=O) groups excluding carboxylic acids is 1. The van der Waals surface area contributed by atoms with Gasteiger partial charge in [-0.25, -0.2) is 8.42 Å². The standard InChI is InChI=1S/C18H20ClNO6S/c1-12-5-7-13(8-6-12)27(22,23)20(11-18(21)26-4)15-10-16(24-2)14(19)9-17(15)25-3/h5-10H,11H2,1-4H3. The van der Waals surface area contributed by atoms with Gasteiger partial charge in [0.2, 0.25) is 0 Å². The molecule has 0 unspecified atom stereocenters. The fourth-order valence-corrected chi connectivity index (χ4v) is 4.00. The zero-order valence-electron chi connectivity index (χ0n) is 15.4. The monoisotopic (exact) mass is 413 g/mol. The van der Waals surface area contributed by atoms with Crippen LogP contribution in [0.3, 0.4) is 0 Å². The maximum Gasteiger partial charge on any atom is 0.326 e. The van der Waals surface area contributed by atoms with Gasteiger partial charge in [0.05, 0.1) is 36.9 Å². The molecule has 0 saturated carbocycles. The molecular weight excluding hydrogens is 394 g/mol. The van der Waals surface area contributed by atoms with Gasteiger partial charge >= 0.3 is 5.97 Å². The minimum absolute atomic E-state index is 0.0213. The molecule has 0 heterocycles. The van der Waals surface area contributed by atoms with Crippen LogP contribution in [0.1, 0.15) is 5.56 Å². The summed E-state index contributed by atoms with van der Waals surface area (Å²) in [7, 11) is -0.142. The zero-order valence-corrected chi connectivity index (χ0v) is 16.9. The summed E-state index contributed by atoms with van der Waals surface area (Å²) in [4.78, 5) is 11.9. The molecule has 2 rings (SSSR count). The molecule has 0 fully saturated rings. The predicted molar refractivity (Wildman–Crippen MR) is 102 cm³/mol. The van der Waals surface area contributed by atoms with Crippen LogP contribution in [0.25, 0.3) is 0 Å². The number of aryl methyl sites for hydroxylation is 1. The van der Waals surface area contributed by atoms with Gasteiger partial charge in [-0.3, -0.25) is 9.10 Å². The van der Waals surface area contributed by atoms with E-state index in [4.69, 9.17) is 21.1 Å². The summed E-state index contributed by atoms with van der Waals surface area (Å²) >= 11 is 6.10. The summed E-state index contributed by atoms with van der Waals surface area (Å²) in [6.45, 7) is 1.30. The largest absolute Gasteiger partial charge is 0.495 e. The van der Waals surface area contributed by atoms with Crippen LogP contribution in [0.2, 0.25) is 5.02 Å². The van der Waals surface area contributed by atoms with Crippen molar-refractivity contribution in [3.05, 3.63) is 47.0 Å². The Hall–Kier alpha value is -2.45. The smallest absolute Gasteiger partial charge is 0.326 e. The molecule has 0 aliphatic carbocycles. The van der Waals surface area contributed by atoms with Gasteiger partial charge in [0, 0.05) is 12.1 Å². The lowest BCUT2D eigenvalue weighted by Crippen LogP contribution is -2.36. The third kappa shape index (κ3) is 4.45. The summed E-state index contributed by atoms with van der Waals surface area (Å²) in [6, 6.07) is 9.09. The lowest BCUT2D eigenvalue weighted by Gasteiger charge is -2.25. The van der Waals surface area contributed by atoms with Gasteiger partial charge in [-0.2, -0.15) is 0 Å². The van der Waals surface area contributed by atoms with Crippen LogP contribution < -0.4 is 13.8 Å². The minimum Gasteiger partial charge on any atom is -0.495 e. The van der Waals surface area contributed by atoms with Crippen molar-refractivity contribution in [3.8, 4) is 11.5 Å². The van der Waals surface area contributed by atoms with E-state index in [9.17, 15) is 13.2 Å². The number of carbonyl (C=O) groups is 1. The van der Waals surface area contributed by atoms with Crippen molar-refractivity contribution < 1.29 is 27.4 Å². The maximum atomic E-state index is 13.2. The van der Waals surface area contributed by atoms with Crippen LogP contribution in [-0.2, 0) is 19.6 Å². The van der Waals surface area contributed by atoms with Gasteiger partial charge in [0.15, 0.2) is 0 Å². The van der Waals surface area contributed by atoms with E-state index in [2.05, 4.69) is 4.74 Å². The molecule has 27 heavy (non-hydrogen) atoms. The molecule has 2 aromatic carbocycles. The number of nitrogens with zero attached hydrogens (tertiary/aromatic N) is 1. The van der Waals surface area contributed by atoms with Crippen LogP contribution >= 0.6 is 11.6 Å². The summed E-state index contributed by atoms with van der Waals surface area (Å²) in [5.41, 5.74) is 1.00. The molecule has 0 radical (unpaired) electrons. The first-order valence-corrected chi connectivity index (χ1v) is 9.64. The molecule has 146 valence electrons. The van der Waals surface area contributed by atoms with Crippen molar-refractivity contribution in [2.45, 2.75) is 11.8 Å². The molecule has 0 amide bonds.